The van der Waals surface area contributed by atoms with Crippen molar-refractivity contribution in [3.05, 3.63) is 166 Å². The number of hydrogen-bond donors (Lipinski definition) is 0. The zero-order valence-corrected chi connectivity index (χ0v) is 51.8. The number of aromatic nitrogens is 2. The van der Waals surface area contributed by atoms with Gasteiger partial charge in [0.1, 0.15) is 0 Å². The van der Waals surface area contributed by atoms with Crippen molar-refractivity contribution in [2.75, 3.05) is 0 Å². The Hall–Kier alpha value is -6.90. The Kier molecular flexibility index (Phi) is 11.4. The average molecular weight is 1050 g/mol. The smallest absolute Gasteiger partial charge is 0.0620 e. The summed E-state index contributed by atoms with van der Waals surface area (Å²) in [6, 6.07) is 49.9. The van der Waals surface area contributed by atoms with E-state index in [1.165, 1.54) is 164 Å². The van der Waals surface area contributed by atoms with E-state index in [4.69, 9.17) is 0 Å². The molecule has 9 aromatic carbocycles. The quantitative estimate of drug-likeness (QED) is 0.147. The van der Waals surface area contributed by atoms with Crippen LogP contribution in [0.2, 0.25) is 0 Å². The zero-order chi connectivity index (χ0) is 56.9. The van der Waals surface area contributed by atoms with Crippen molar-refractivity contribution in [1.29, 1.82) is 0 Å². The lowest BCUT2D eigenvalue weighted by atomic mass is 9.76. The minimum absolute atomic E-state index is 0.0160. The topological polar surface area (TPSA) is 8.82 Å². The van der Waals surface area contributed by atoms with Gasteiger partial charge in [-0.05, 0) is 206 Å². The fourth-order valence-electron chi connectivity index (χ4n) is 14.3. The van der Waals surface area contributed by atoms with E-state index in [1.807, 2.05) is 0 Å². The van der Waals surface area contributed by atoms with E-state index in [1.54, 1.807) is 0 Å². The van der Waals surface area contributed by atoms with Gasteiger partial charge in [-0.1, -0.05) is 187 Å². The molecule has 2 heteroatoms. The van der Waals surface area contributed by atoms with Gasteiger partial charge in [0, 0.05) is 43.1 Å². The van der Waals surface area contributed by atoms with E-state index in [0.717, 1.165) is 0 Å². The van der Waals surface area contributed by atoms with Crippen LogP contribution in [0.15, 0.2) is 121 Å². The first-order valence-electron chi connectivity index (χ1n) is 30.2. The third-order valence-electron chi connectivity index (χ3n) is 18.8. The normalized spacial score (nSPS) is 13.7. The van der Waals surface area contributed by atoms with Crippen LogP contribution in [0.4, 0.5) is 0 Å². The van der Waals surface area contributed by atoms with E-state index >= 15 is 0 Å². The van der Waals surface area contributed by atoms with Crippen LogP contribution in [0.3, 0.4) is 0 Å². The van der Waals surface area contributed by atoms with Gasteiger partial charge in [-0.15, -0.1) is 0 Å². The predicted octanol–water partition coefficient (Wildman–Crippen LogP) is 23.3. The molecule has 13 rings (SSSR count). The Morgan fingerprint density at radius 3 is 0.787 bits per heavy atom. The Morgan fingerprint density at radius 2 is 0.512 bits per heavy atom. The van der Waals surface area contributed by atoms with Crippen molar-refractivity contribution in [3.8, 4) is 22.3 Å². The van der Waals surface area contributed by atoms with Crippen LogP contribution in [0.25, 0.3) is 120 Å². The molecule has 406 valence electrons. The Bertz CT molecular complexity index is 4360. The molecule has 0 saturated heterocycles. The molecule has 0 unspecified atom stereocenters. The lowest BCUT2D eigenvalue weighted by Gasteiger charge is -2.27. The molecule has 0 atom stereocenters. The second-order valence-corrected chi connectivity index (χ2v) is 29.8. The highest BCUT2D eigenvalue weighted by atomic mass is 14.9. The molecular weight excluding hydrogens is 965 g/mol. The molecule has 13 aromatic rings. The maximum absolute atomic E-state index is 2.68. The standard InChI is InChI=1S/C78H84N2/c1-41(2)49-23-21-24-50(42(3)4)69(49)71-57-37-55-63-35-47(77(15,16)17)33-61-54-32-46(76(12,13)14)28-30-66(54)80(73(61)63)68(55)40-60(57)72(70-51(43(5)6)25-22-26-52(70)44(7)8)58-38-56-64-36-48(78(18,19)20)34-62-53-31-45(75(9,10)11)27-29-65(53)79(74(62)64)67(56)39-59(58)71/h21-44H,1-20H3. The van der Waals surface area contributed by atoms with Gasteiger partial charge in [-0.2, -0.15) is 0 Å². The van der Waals surface area contributed by atoms with E-state index in [-0.39, 0.29) is 21.7 Å². The fraction of sp³-hybridized carbons (Fsp3) is 0.359. The van der Waals surface area contributed by atoms with Gasteiger partial charge in [0.2, 0.25) is 0 Å². The largest absolute Gasteiger partial charge is 0.308 e. The van der Waals surface area contributed by atoms with Crippen molar-refractivity contribution in [2.45, 2.75) is 184 Å². The average Bonchev–Trinajstić information content (AvgIpc) is 4.23. The zero-order valence-electron chi connectivity index (χ0n) is 51.8. The van der Waals surface area contributed by atoms with Crippen LogP contribution >= 0.6 is 0 Å². The summed E-state index contributed by atoms with van der Waals surface area (Å²) in [7, 11) is 0. The van der Waals surface area contributed by atoms with Crippen LogP contribution in [-0.4, -0.2) is 8.80 Å². The minimum Gasteiger partial charge on any atom is -0.308 e. The number of rotatable bonds is 6. The van der Waals surface area contributed by atoms with Crippen molar-refractivity contribution >= 4 is 97.7 Å². The van der Waals surface area contributed by atoms with E-state index in [0.29, 0.717) is 23.7 Å². The van der Waals surface area contributed by atoms with Gasteiger partial charge in [-0.3, -0.25) is 0 Å². The van der Waals surface area contributed by atoms with Crippen LogP contribution in [0.1, 0.15) is 207 Å². The van der Waals surface area contributed by atoms with Gasteiger partial charge in [-0.25, -0.2) is 0 Å². The Morgan fingerprint density at radius 1 is 0.250 bits per heavy atom. The molecule has 4 heterocycles. The molecule has 0 spiro atoms. The molecule has 0 amide bonds. The molecule has 0 bridgehead atoms. The number of benzene rings is 9. The molecule has 2 nitrogen and oxygen atoms in total. The third-order valence-corrected chi connectivity index (χ3v) is 18.8. The molecule has 0 radical (unpaired) electrons. The lowest BCUT2D eigenvalue weighted by Crippen LogP contribution is -2.11. The summed E-state index contributed by atoms with van der Waals surface area (Å²) in [4.78, 5) is 0. The fourth-order valence-corrected chi connectivity index (χ4v) is 14.3. The maximum atomic E-state index is 2.68. The van der Waals surface area contributed by atoms with Gasteiger partial charge >= 0.3 is 0 Å². The van der Waals surface area contributed by atoms with Gasteiger partial charge in [0.05, 0.1) is 33.1 Å². The van der Waals surface area contributed by atoms with Crippen molar-refractivity contribution in [1.82, 2.24) is 8.80 Å². The summed E-state index contributed by atoms with van der Waals surface area (Å²) in [5, 5.41) is 16.0. The van der Waals surface area contributed by atoms with Crippen LogP contribution in [0, 0.1) is 0 Å². The molecule has 0 saturated carbocycles. The molecule has 0 fully saturated rings. The summed E-state index contributed by atoms with van der Waals surface area (Å²) in [6.07, 6.45) is 0. The highest BCUT2D eigenvalue weighted by molar-refractivity contribution is 6.32. The Labute approximate surface area is 475 Å². The molecule has 80 heavy (non-hydrogen) atoms. The second-order valence-electron chi connectivity index (χ2n) is 29.8. The summed E-state index contributed by atoms with van der Waals surface area (Å²) in [5.41, 5.74) is 24.3. The van der Waals surface area contributed by atoms with Crippen LogP contribution < -0.4 is 0 Å². The minimum atomic E-state index is -0.0565. The predicted molar refractivity (Wildman–Crippen MR) is 353 cm³/mol. The first-order valence-corrected chi connectivity index (χ1v) is 30.2. The summed E-state index contributed by atoms with van der Waals surface area (Å²) in [6.45, 7) is 47.6. The third kappa shape index (κ3) is 7.55. The molecule has 4 aromatic heterocycles. The van der Waals surface area contributed by atoms with Crippen LogP contribution in [0.5, 0.6) is 0 Å². The molecule has 0 aliphatic carbocycles. The summed E-state index contributed by atoms with van der Waals surface area (Å²) < 4.78 is 5.31. The van der Waals surface area contributed by atoms with Gasteiger partial charge in [0.25, 0.3) is 0 Å². The highest BCUT2D eigenvalue weighted by Gasteiger charge is 2.32. The van der Waals surface area contributed by atoms with Gasteiger partial charge in [0.15, 0.2) is 0 Å². The monoisotopic (exact) mass is 1050 g/mol. The number of hydrogen-bond acceptors (Lipinski definition) is 0. The van der Waals surface area contributed by atoms with E-state index in [9.17, 15) is 0 Å². The van der Waals surface area contributed by atoms with E-state index < -0.39 is 0 Å². The highest BCUT2D eigenvalue weighted by Crippen LogP contribution is 2.55. The number of nitrogens with zero attached hydrogens (tertiary/aromatic N) is 2. The molecule has 0 aliphatic rings. The van der Waals surface area contributed by atoms with Crippen molar-refractivity contribution in [2.24, 2.45) is 0 Å². The first-order chi connectivity index (χ1) is 37.5. The second kappa shape index (κ2) is 17.3. The number of fused-ring (bicyclic) bond motifs is 14. The van der Waals surface area contributed by atoms with Crippen LogP contribution in [-0.2, 0) is 21.7 Å². The van der Waals surface area contributed by atoms with Crippen molar-refractivity contribution < 1.29 is 0 Å². The summed E-state index contributed by atoms with van der Waals surface area (Å²) >= 11 is 0. The Balaban J connectivity index is 1.35. The SMILES string of the molecule is CC(C)c1cccc(C(C)C)c1-c1c2cc3c4cc(C(C)(C)C)cc5c6cc(C(C)(C)C)ccc6n(c3cc2c(-c2c(C(C)C)cccc2C(C)C)c2cc3c6cc(C(C)(C)C)cc7c8cc(C(C)(C)C)ccc8n(c3cc12)c76)c54. The summed E-state index contributed by atoms with van der Waals surface area (Å²) in [5.74, 6) is 1.18. The lowest BCUT2D eigenvalue weighted by molar-refractivity contribution is 0.590. The molecule has 0 N–H and O–H groups in total. The molecule has 0 aliphatic heterocycles. The molecular formula is C78H84N2. The van der Waals surface area contributed by atoms with Crippen molar-refractivity contribution in [3.63, 3.8) is 0 Å². The van der Waals surface area contributed by atoms with Gasteiger partial charge < -0.3 is 8.80 Å². The maximum Gasteiger partial charge on any atom is 0.0620 e. The first kappa shape index (κ1) is 52.5. The van der Waals surface area contributed by atoms with E-state index in [2.05, 4.69) is 269 Å².